The van der Waals surface area contributed by atoms with Gasteiger partial charge in [-0.3, -0.25) is 4.79 Å². The number of carbonyl (C=O) groups is 1. The average Bonchev–Trinajstić information content (AvgIpc) is 2.76. The normalized spacial score (nSPS) is 12.1. The highest BCUT2D eigenvalue weighted by Gasteiger charge is 2.09. The second-order valence-electron chi connectivity index (χ2n) is 4.95. The molecule has 1 atom stereocenters. The van der Waals surface area contributed by atoms with E-state index < -0.39 is 0 Å². The molecule has 2 aromatic rings. The maximum atomic E-state index is 11.5. The predicted molar refractivity (Wildman–Crippen MR) is 86.1 cm³/mol. The lowest BCUT2D eigenvalue weighted by atomic mass is 10.1. The fourth-order valence-electron chi connectivity index (χ4n) is 2.09. The highest BCUT2D eigenvalue weighted by atomic mass is 32.1. The Kier molecular flexibility index (Phi) is 5.22. The van der Waals surface area contributed by atoms with Gasteiger partial charge in [0.1, 0.15) is 11.6 Å². The van der Waals surface area contributed by atoms with Gasteiger partial charge in [-0.2, -0.15) is 9.78 Å². The van der Waals surface area contributed by atoms with Gasteiger partial charge < -0.3 is 10.2 Å². The summed E-state index contributed by atoms with van der Waals surface area (Å²) in [6.07, 6.45) is 0. The minimum atomic E-state index is -0.0634. The zero-order valence-electron chi connectivity index (χ0n) is 12.3. The molecule has 2 rings (SSSR count). The van der Waals surface area contributed by atoms with Crippen molar-refractivity contribution < 1.29 is 9.69 Å². The molecule has 7 heteroatoms. The summed E-state index contributed by atoms with van der Waals surface area (Å²) >= 11 is 6.81. The van der Waals surface area contributed by atoms with Crippen molar-refractivity contribution in [3.63, 3.8) is 0 Å². The van der Waals surface area contributed by atoms with E-state index in [0.717, 1.165) is 22.2 Å². The molecular formula is C14H19N4OS2+. The number of amides is 1. The van der Waals surface area contributed by atoms with E-state index in [1.807, 2.05) is 35.9 Å². The molecule has 2 N–H and O–H groups in total. The van der Waals surface area contributed by atoms with Crippen LogP contribution in [0.3, 0.4) is 0 Å². The minimum absolute atomic E-state index is 0.0634. The van der Waals surface area contributed by atoms with Gasteiger partial charge >= 0.3 is 0 Å². The second kappa shape index (κ2) is 6.93. The van der Waals surface area contributed by atoms with Gasteiger partial charge in [-0.1, -0.05) is 23.5 Å². The molecule has 0 spiro atoms. The Hall–Kier alpha value is -1.57. The third-order valence-electron chi connectivity index (χ3n) is 3.08. The quantitative estimate of drug-likeness (QED) is 0.808. The molecule has 0 aliphatic heterocycles. The van der Waals surface area contributed by atoms with Gasteiger partial charge in [-0.25, -0.2) is 0 Å². The van der Waals surface area contributed by atoms with Crippen LogP contribution < -0.4 is 10.2 Å². The number of quaternary nitrogens is 1. The number of rotatable bonds is 5. The highest BCUT2D eigenvalue weighted by Crippen LogP contribution is 2.05. The molecule has 1 aromatic carbocycles. The maximum Gasteiger partial charge on any atom is 0.251 e. The first kappa shape index (κ1) is 15.8. The SMILES string of the molecule is CNC(=O)c1ccc(C[NH+](C)Cn2nc(C)sc2=S)cc1. The molecule has 5 nitrogen and oxygen atoms in total. The summed E-state index contributed by atoms with van der Waals surface area (Å²) in [6, 6.07) is 7.67. The zero-order valence-corrected chi connectivity index (χ0v) is 14.0. The third-order valence-corrected chi connectivity index (χ3v) is 4.30. The first-order chi connectivity index (χ1) is 9.99. The Morgan fingerprint density at radius 1 is 1.43 bits per heavy atom. The van der Waals surface area contributed by atoms with E-state index >= 15 is 0 Å². The molecule has 1 heterocycles. The molecular weight excluding hydrogens is 304 g/mol. The molecule has 0 saturated carbocycles. The van der Waals surface area contributed by atoms with E-state index in [0.29, 0.717) is 5.56 Å². The lowest BCUT2D eigenvalue weighted by Crippen LogP contribution is -3.07. The van der Waals surface area contributed by atoms with Crippen molar-refractivity contribution in [2.24, 2.45) is 0 Å². The average molecular weight is 323 g/mol. The van der Waals surface area contributed by atoms with Crippen molar-refractivity contribution in [2.45, 2.75) is 20.1 Å². The van der Waals surface area contributed by atoms with Gasteiger partial charge in [0.05, 0.1) is 7.05 Å². The molecule has 1 unspecified atom stereocenters. The van der Waals surface area contributed by atoms with Crippen molar-refractivity contribution in [1.82, 2.24) is 15.1 Å². The molecule has 21 heavy (non-hydrogen) atoms. The van der Waals surface area contributed by atoms with Crippen LogP contribution >= 0.6 is 23.6 Å². The van der Waals surface area contributed by atoms with Crippen LogP contribution in [0.5, 0.6) is 0 Å². The first-order valence-corrected chi connectivity index (χ1v) is 7.89. The van der Waals surface area contributed by atoms with Gasteiger partial charge in [0, 0.05) is 18.2 Å². The van der Waals surface area contributed by atoms with Crippen molar-refractivity contribution in [3.8, 4) is 0 Å². The summed E-state index contributed by atoms with van der Waals surface area (Å²) in [5.41, 5.74) is 1.86. The summed E-state index contributed by atoms with van der Waals surface area (Å²) in [4.78, 5) is 12.8. The molecule has 1 aromatic heterocycles. The van der Waals surface area contributed by atoms with Crippen LogP contribution in [-0.2, 0) is 13.2 Å². The highest BCUT2D eigenvalue weighted by molar-refractivity contribution is 7.73. The number of aromatic nitrogens is 2. The van der Waals surface area contributed by atoms with E-state index in [9.17, 15) is 4.79 Å². The van der Waals surface area contributed by atoms with Gasteiger partial charge in [0.15, 0.2) is 10.6 Å². The summed E-state index contributed by atoms with van der Waals surface area (Å²) in [7, 11) is 3.73. The molecule has 0 aliphatic rings. The Labute approximate surface area is 133 Å². The number of hydrogen-bond donors (Lipinski definition) is 2. The number of benzene rings is 1. The largest absolute Gasteiger partial charge is 0.355 e. The first-order valence-electron chi connectivity index (χ1n) is 6.66. The monoisotopic (exact) mass is 323 g/mol. The summed E-state index contributed by atoms with van der Waals surface area (Å²) in [5, 5.41) is 8.00. The lowest BCUT2D eigenvalue weighted by Gasteiger charge is -2.14. The number of carbonyl (C=O) groups excluding carboxylic acids is 1. The fraction of sp³-hybridized carbons (Fsp3) is 0.357. The van der Waals surface area contributed by atoms with Crippen LogP contribution in [-0.4, -0.2) is 29.8 Å². The summed E-state index contributed by atoms with van der Waals surface area (Å²) in [5.74, 6) is -0.0634. The van der Waals surface area contributed by atoms with Crippen molar-refractivity contribution in [3.05, 3.63) is 44.4 Å². The zero-order chi connectivity index (χ0) is 15.4. The van der Waals surface area contributed by atoms with Crippen molar-refractivity contribution >= 4 is 29.5 Å². The van der Waals surface area contributed by atoms with Crippen LogP contribution in [0.1, 0.15) is 20.9 Å². The van der Waals surface area contributed by atoms with Crippen molar-refractivity contribution in [2.75, 3.05) is 14.1 Å². The molecule has 0 radical (unpaired) electrons. The standard InChI is InChI=1S/C14H18N4OS2/c1-10-16-18(14(20)21-10)9-17(3)8-11-4-6-12(7-5-11)13(19)15-2/h4-7H,8-9H2,1-3H3,(H,15,19)/p+1. The second-order valence-corrected chi connectivity index (χ2v) is 6.78. The maximum absolute atomic E-state index is 11.5. The van der Waals surface area contributed by atoms with Gasteiger partial charge in [0.25, 0.3) is 5.91 Å². The lowest BCUT2D eigenvalue weighted by molar-refractivity contribution is -0.917. The van der Waals surface area contributed by atoms with E-state index in [1.165, 1.54) is 21.8 Å². The molecule has 0 saturated heterocycles. The van der Waals surface area contributed by atoms with E-state index in [4.69, 9.17) is 12.2 Å². The predicted octanol–water partition coefficient (Wildman–Crippen LogP) is 1.01. The molecule has 0 aliphatic carbocycles. The molecule has 1 amide bonds. The van der Waals surface area contributed by atoms with Crippen LogP contribution in [0.4, 0.5) is 0 Å². The topological polar surface area (TPSA) is 51.4 Å². The summed E-state index contributed by atoms with van der Waals surface area (Å²) < 4.78 is 2.67. The minimum Gasteiger partial charge on any atom is -0.355 e. The van der Waals surface area contributed by atoms with Gasteiger partial charge in [0.2, 0.25) is 0 Å². The van der Waals surface area contributed by atoms with E-state index in [1.54, 1.807) is 7.05 Å². The smallest absolute Gasteiger partial charge is 0.251 e. The van der Waals surface area contributed by atoms with E-state index in [-0.39, 0.29) is 5.91 Å². The van der Waals surface area contributed by atoms with Gasteiger partial charge in [-0.15, -0.1) is 0 Å². The van der Waals surface area contributed by atoms with E-state index in [2.05, 4.69) is 17.5 Å². The Morgan fingerprint density at radius 2 is 2.10 bits per heavy atom. The third kappa shape index (κ3) is 4.20. The van der Waals surface area contributed by atoms with Crippen LogP contribution in [0.25, 0.3) is 0 Å². The Balaban J connectivity index is 1.99. The Bertz CT molecular complexity index is 675. The number of aryl methyl sites for hydroxylation is 1. The molecule has 0 fully saturated rings. The van der Waals surface area contributed by atoms with Crippen molar-refractivity contribution in [1.29, 1.82) is 0 Å². The summed E-state index contributed by atoms with van der Waals surface area (Å²) in [6.45, 7) is 3.55. The number of hydrogen-bond acceptors (Lipinski definition) is 4. The Morgan fingerprint density at radius 3 is 2.62 bits per heavy atom. The fourth-order valence-corrected chi connectivity index (χ4v) is 3.16. The number of nitrogens with one attached hydrogen (secondary N) is 2. The molecule has 112 valence electrons. The van der Waals surface area contributed by atoms with Crippen LogP contribution in [0.2, 0.25) is 0 Å². The molecule has 0 bridgehead atoms. The number of nitrogens with zero attached hydrogens (tertiary/aromatic N) is 2. The van der Waals surface area contributed by atoms with Crippen LogP contribution in [0.15, 0.2) is 24.3 Å². The van der Waals surface area contributed by atoms with Gasteiger partial charge in [-0.05, 0) is 31.3 Å². The van der Waals surface area contributed by atoms with Crippen LogP contribution in [0, 0.1) is 10.9 Å².